The van der Waals surface area contributed by atoms with E-state index in [0.29, 0.717) is 11.6 Å². The fourth-order valence-corrected chi connectivity index (χ4v) is 2.97. The highest BCUT2D eigenvalue weighted by Crippen LogP contribution is 2.34. The second kappa shape index (κ2) is 6.98. The molecule has 1 aromatic heterocycles. The number of carbonyl (C=O) groups excluding carboxylic acids is 2. The largest absolute Gasteiger partial charge is 0.451 e. The van der Waals surface area contributed by atoms with E-state index in [2.05, 4.69) is 22.4 Å². The lowest BCUT2D eigenvalue weighted by atomic mass is 9.89. The Hall–Kier alpha value is -1.50. The van der Waals surface area contributed by atoms with Crippen LogP contribution in [0.1, 0.15) is 46.0 Å². The van der Waals surface area contributed by atoms with E-state index in [-0.39, 0.29) is 24.2 Å². The van der Waals surface area contributed by atoms with Gasteiger partial charge in [-0.1, -0.05) is 37.5 Å². The molecule has 1 saturated heterocycles. The van der Waals surface area contributed by atoms with Crippen molar-refractivity contribution < 1.29 is 14.3 Å². The first-order valence-corrected chi connectivity index (χ1v) is 8.19. The number of rotatable bonds is 8. The topological polar surface area (TPSA) is 81.2 Å². The van der Waals surface area contributed by atoms with Crippen molar-refractivity contribution in [1.82, 2.24) is 10.2 Å². The number of ether oxygens (including phenoxy) is 1. The Morgan fingerprint density at radius 1 is 1.57 bits per heavy atom. The summed E-state index contributed by atoms with van der Waals surface area (Å²) < 4.78 is 5.36. The number of cyclic esters (lactones) is 1. The number of anilines is 1. The highest BCUT2D eigenvalue weighted by Gasteiger charge is 2.47. The van der Waals surface area contributed by atoms with Gasteiger partial charge in [-0.3, -0.25) is 9.59 Å². The maximum Gasteiger partial charge on any atom is 0.310 e. The Labute approximate surface area is 128 Å². The zero-order chi connectivity index (χ0) is 15.3. The van der Waals surface area contributed by atoms with E-state index in [1.54, 1.807) is 12.4 Å². The van der Waals surface area contributed by atoms with Crippen LogP contribution in [0.4, 0.5) is 5.13 Å². The molecule has 0 aromatic carbocycles. The van der Waals surface area contributed by atoms with Gasteiger partial charge < -0.3 is 10.1 Å². The standard InChI is InChI=1S/C14H21N3O3S/c1-3-4-5-6-10-7-14(2,20-12(10)19)11(18)8-15-13-17-16-9-21-13/h9-10H,3-8H2,1-2H3,(H,15,17)/t10-,14-/m0/s1. The second-order valence-corrected chi connectivity index (χ2v) is 6.40. The number of nitrogens with one attached hydrogen (secondary N) is 1. The van der Waals surface area contributed by atoms with Crippen LogP contribution in [0.15, 0.2) is 5.51 Å². The van der Waals surface area contributed by atoms with E-state index in [9.17, 15) is 9.59 Å². The Bertz CT molecular complexity index is 492. The summed E-state index contributed by atoms with van der Waals surface area (Å²) in [6.45, 7) is 3.93. The molecule has 0 amide bonds. The van der Waals surface area contributed by atoms with E-state index in [0.717, 1.165) is 25.7 Å². The molecule has 2 rings (SSSR count). The monoisotopic (exact) mass is 311 g/mol. The molecule has 0 bridgehead atoms. The van der Waals surface area contributed by atoms with Gasteiger partial charge in [0.15, 0.2) is 11.4 Å². The Balaban J connectivity index is 1.86. The fraction of sp³-hybridized carbons (Fsp3) is 0.714. The van der Waals surface area contributed by atoms with Crippen LogP contribution in [-0.2, 0) is 14.3 Å². The molecule has 0 aliphatic carbocycles. The average molecular weight is 311 g/mol. The van der Waals surface area contributed by atoms with Crippen LogP contribution in [-0.4, -0.2) is 34.1 Å². The van der Waals surface area contributed by atoms with Crippen LogP contribution < -0.4 is 5.32 Å². The molecule has 2 atom stereocenters. The van der Waals surface area contributed by atoms with Crippen molar-refractivity contribution in [3.63, 3.8) is 0 Å². The number of hydrogen-bond acceptors (Lipinski definition) is 7. The molecule has 6 nitrogen and oxygen atoms in total. The quantitative estimate of drug-likeness (QED) is 0.586. The predicted molar refractivity (Wildman–Crippen MR) is 80.2 cm³/mol. The van der Waals surface area contributed by atoms with Gasteiger partial charge in [0.25, 0.3) is 0 Å². The average Bonchev–Trinajstić information content (AvgIpc) is 3.06. The van der Waals surface area contributed by atoms with Crippen LogP contribution >= 0.6 is 11.3 Å². The second-order valence-electron chi connectivity index (χ2n) is 5.57. The van der Waals surface area contributed by atoms with Crippen LogP contribution in [0.25, 0.3) is 0 Å². The van der Waals surface area contributed by atoms with Gasteiger partial charge in [-0.05, 0) is 13.3 Å². The summed E-state index contributed by atoms with van der Waals surface area (Å²) in [7, 11) is 0. The van der Waals surface area contributed by atoms with Gasteiger partial charge in [0.2, 0.25) is 5.13 Å². The highest BCUT2D eigenvalue weighted by molar-refractivity contribution is 7.13. The third-order valence-corrected chi connectivity index (χ3v) is 4.45. The minimum absolute atomic E-state index is 0.0979. The molecule has 1 N–H and O–H groups in total. The molecule has 21 heavy (non-hydrogen) atoms. The molecule has 1 fully saturated rings. The lowest BCUT2D eigenvalue weighted by Crippen LogP contribution is -2.39. The zero-order valence-corrected chi connectivity index (χ0v) is 13.2. The molecular weight excluding hydrogens is 290 g/mol. The summed E-state index contributed by atoms with van der Waals surface area (Å²) >= 11 is 1.33. The molecule has 0 unspecified atom stereocenters. The first-order valence-electron chi connectivity index (χ1n) is 7.31. The van der Waals surface area contributed by atoms with E-state index in [4.69, 9.17) is 4.74 Å². The fourth-order valence-electron chi connectivity index (χ4n) is 2.52. The summed E-state index contributed by atoms with van der Waals surface area (Å²) in [5.74, 6) is -0.506. The molecule has 116 valence electrons. The van der Waals surface area contributed by atoms with Crippen LogP contribution in [0.3, 0.4) is 0 Å². The summed E-state index contributed by atoms with van der Waals surface area (Å²) in [6.07, 6.45) is 4.51. The van der Waals surface area contributed by atoms with Crippen LogP contribution in [0.5, 0.6) is 0 Å². The van der Waals surface area contributed by atoms with Crippen molar-refractivity contribution in [3.05, 3.63) is 5.51 Å². The highest BCUT2D eigenvalue weighted by atomic mass is 32.1. The first kappa shape index (κ1) is 15.9. The number of esters is 1. The Morgan fingerprint density at radius 3 is 3.05 bits per heavy atom. The van der Waals surface area contributed by atoms with Crippen molar-refractivity contribution in [2.45, 2.75) is 51.6 Å². The number of carbonyl (C=O) groups is 2. The molecule has 0 spiro atoms. The third-order valence-electron chi connectivity index (χ3n) is 3.80. The van der Waals surface area contributed by atoms with E-state index < -0.39 is 5.60 Å². The van der Waals surface area contributed by atoms with Gasteiger partial charge in [0.1, 0.15) is 5.51 Å². The first-order chi connectivity index (χ1) is 10.0. The van der Waals surface area contributed by atoms with Crippen LogP contribution in [0, 0.1) is 5.92 Å². The van der Waals surface area contributed by atoms with E-state index in [1.165, 1.54) is 11.3 Å². The normalized spacial score (nSPS) is 24.9. The van der Waals surface area contributed by atoms with E-state index >= 15 is 0 Å². The number of unbranched alkanes of at least 4 members (excludes halogenated alkanes) is 2. The summed E-state index contributed by atoms with van der Waals surface area (Å²) in [4.78, 5) is 24.2. The molecular formula is C14H21N3O3S. The molecule has 1 aromatic rings. The lowest BCUT2D eigenvalue weighted by Gasteiger charge is -2.20. The number of Topliss-reactive ketones (excluding diaryl/α,β-unsaturated/α-hetero) is 1. The Kier molecular flexibility index (Phi) is 5.27. The number of aromatic nitrogens is 2. The SMILES string of the molecule is CCCCC[C@H]1C[C@@](C)(C(=O)CNc2nncs2)OC1=O. The molecule has 1 aliphatic heterocycles. The van der Waals surface area contributed by atoms with Crippen molar-refractivity contribution >= 4 is 28.2 Å². The van der Waals surface area contributed by atoms with Crippen LogP contribution in [0.2, 0.25) is 0 Å². The number of ketones is 1. The molecule has 2 heterocycles. The minimum atomic E-state index is -1.01. The van der Waals surface area contributed by atoms with Crippen molar-refractivity contribution in [1.29, 1.82) is 0 Å². The zero-order valence-electron chi connectivity index (χ0n) is 12.4. The van der Waals surface area contributed by atoms with Gasteiger partial charge >= 0.3 is 5.97 Å². The maximum absolute atomic E-state index is 12.3. The van der Waals surface area contributed by atoms with E-state index in [1.807, 2.05) is 0 Å². The third kappa shape index (κ3) is 4.00. The molecule has 0 radical (unpaired) electrons. The van der Waals surface area contributed by atoms with Crippen molar-refractivity contribution in [3.8, 4) is 0 Å². The number of hydrogen-bond donors (Lipinski definition) is 1. The van der Waals surface area contributed by atoms with Gasteiger partial charge in [-0.25, -0.2) is 0 Å². The van der Waals surface area contributed by atoms with Crippen molar-refractivity contribution in [2.24, 2.45) is 5.92 Å². The minimum Gasteiger partial charge on any atom is -0.451 e. The molecule has 0 saturated carbocycles. The van der Waals surface area contributed by atoms with Gasteiger partial charge in [-0.15, -0.1) is 10.2 Å². The molecule has 1 aliphatic rings. The summed E-state index contributed by atoms with van der Waals surface area (Å²) in [6, 6.07) is 0. The summed E-state index contributed by atoms with van der Waals surface area (Å²) in [5.41, 5.74) is 0.583. The van der Waals surface area contributed by atoms with Crippen molar-refractivity contribution in [2.75, 3.05) is 11.9 Å². The van der Waals surface area contributed by atoms with Gasteiger partial charge in [-0.2, -0.15) is 0 Å². The summed E-state index contributed by atoms with van der Waals surface area (Å²) in [5, 5.41) is 11.0. The predicted octanol–water partition coefficient (Wildman–Crippen LogP) is 2.42. The number of nitrogens with zero attached hydrogens (tertiary/aromatic N) is 2. The Morgan fingerprint density at radius 2 is 2.38 bits per heavy atom. The maximum atomic E-state index is 12.3. The lowest BCUT2D eigenvalue weighted by molar-refractivity contribution is -0.156. The molecule has 7 heteroatoms. The van der Waals surface area contributed by atoms with Gasteiger partial charge in [0.05, 0.1) is 12.5 Å². The van der Waals surface area contributed by atoms with Gasteiger partial charge in [0, 0.05) is 6.42 Å². The smallest absolute Gasteiger partial charge is 0.310 e.